The number of benzene rings is 1. The molecule has 0 unspecified atom stereocenters. The van der Waals surface area contributed by atoms with Crippen LogP contribution in [0, 0.1) is 0 Å². The number of alkyl halides is 5. The molecule has 2 rings (SSSR count). The molecular weight excluding hydrogens is 385 g/mol. The standard InChI is InChI=1S/C11H9BrF5NO2S/c12-9-2-1-7(5-8(9)11(15,16)17)21(19,20)18-4-3-10(13,14)6-18/h1-2,5H,3-4,6H2. The van der Waals surface area contributed by atoms with Crippen LogP contribution in [-0.2, 0) is 16.2 Å². The zero-order chi connectivity index (χ0) is 16.1. The SMILES string of the molecule is O=S(=O)(c1ccc(Br)c(C(F)(F)F)c1)N1CCC(F)(F)C1. The van der Waals surface area contributed by atoms with E-state index in [0.29, 0.717) is 10.4 Å². The molecule has 1 aliphatic heterocycles. The molecule has 1 fully saturated rings. The van der Waals surface area contributed by atoms with Crippen molar-refractivity contribution in [1.29, 1.82) is 0 Å². The van der Waals surface area contributed by atoms with Crippen LogP contribution in [0.25, 0.3) is 0 Å². The summed E-state index contributed by atoms with van der Waals surface area (Å²) in [5.41, 5.74) is -1.17. The lowest BCUT2D eigenvalue weighted by molar-refractivity contribution is -0.138. The zero-order valence-corrected chi connectivity index (χ0v) is 12.7. The van der Waals surface area contributed by atoms with E-state index >= 15 is 0 Å². The van der Waals surface area contributed by atoms with Crippen LogP contribution in [0.2, 0.25) is 0 Å². The summed E-state index contributed by atoms with van der Waals surface area (Å²) in [6, 6.07) is 2.32. The van der Waals surface area contributed by atoms with E-state index in [1.807, 2.05) is 0 Å². The first-order valence-corrected chi connectivity index (χ1v) is 7.91. The summed E-state index contributed by atoms with van der Waals surface area (Å²) in [6.45, 7) is -1.44. The molecule has 0 saturated carbocycles. The molecule has 0 amide bonds. The second kappa shape index (κ2) is 5.17. The van der Waals surface area contributed by atoms with Gasteiger partial charge >= 0.3 is 6.18 Å². The Kier molecular flexibility index (Phi) is 4.09. The molecule has 0 aliphatic carbocycles. The molecule has 0 aromatic heterocycles. The maximum Gasteiger partial charge on any atom is 0.417 e. The Labute approximate surface area is 125 Å². The molecule has 118 valence electrons. The van der Waals surface area contributed by atoms with E-state index in [4.69, 9.17) is 0 Å². The highest BCUT2D eigenvalue weighted by Crippen LogP contribution is 2.37. The molecule has 0 atom stereocenters. The molecule has 1 aromatic carbocycles. The zero-order valence-electron chi connectivity index (χ0n) is 10.3. The van der Waals surface area contributed by atoms with Crippen LogP contribution < -0.4 is 0 Å². The third kappa shape index (κ3) is 3.37. The Morgan fingerprint density at radius 1 is 1.24 bits per heavy atom. The van der Waals surface area contributed by atoms with Crippen molar-refractivity contribution in [1.82, 2.24) is 4.31 Å². The van der Waals surface area contributed by atoms with Crippen molar-refractivity contribution >= 4 is 26.0 Å². The van der Waals surface area contributed by atoms with Gasteiger partial charge in [0.05, 0.1) is 17.0 Å². The van der Waals surface area contributed by atoms with E-state index in [0.717, 1.165) is 12.1 Å². The average molecular weight is 394 g/mol. The fraction of sp³-hybridized carbons (Fsp3) is 0.455. The summed E-state index contributed by atoms with van der Waals surface area (Å²) < 4.78 is 88.9. The molecule has 0 N–H and O–H groups in total. The van der Waals surface area contributed by atoms with Crippen molar-refractivity contribution in [2.24, 2.45) is 0 Å². The molecule has 3 nitrogen and oxygen atoms in total. The molecule has 0 spiro atoms. The quantitative estimate of drug-likeness (QED) is 0.721. The van der Waals surface area contributed by atoms with E-state index in [1.165, 1.54) is 0 Å². The molecule has 0 bridgehead atoms. The van der Waals surface area contributed by atoms with Crippen LogP contribution in [0.15, 0.2) is 27.6 Å². The summed E-state index contributed by atoms with van der Waals surface area (Å²) in [6.07, 6.45) is -5.39. The Hall–Kier alpha value is -0.740. The van der Waals surface area contributed by atoms with E-state index < -0.39 is 52.1 Å². The highest BCUT2D eigenvalue weighted by atomic mass is 79.9. The minimum Gasteiger partial charge on any atom is -0.207 e. The van der Waals surface area contributed by atoms with Crippen molar-refractivity contribution in [3.8, 4) is 0 Å². The lowest BCUT2D eigenvalue weighted by Crippen LogP contribution is -2.31. The highest BCUT2D eigenvalue weighted by Gasteiger charge is 2.44. The van der Waals surface area contributed by atoms with Crippen molar-refractivity contribution < 1.29 is 30.4 Å². The van der Waals surface area contributed by atoms with E-state index in [1.54, 1.807) is 0 Å². The Morgan fingerprint density at radius 2 is 1.86 bits per heavy atom. The van der Waals surface area contributed by atoms with E-state index in [9.17, 15) is 30.4 Å². The van der Waals surface area contributed by atoms with Gasteiger partial charge in [-0.05, 0) is 18.2 Å². The van der Waals surface area contributed by atoms with Crippen molar-refractivity contribution in [2.75, 3.05) is 13.1 Å². The Bertz CT molecular complexity index is 659. The number of sulfonamides is 1. The van der Waals surface area contributed by atoms with Crippen molar-refractivity contribution in [2.45, 2.75) is 23.4 Å². The average Bonchev–Trinajstić information content (AvgIpc) is 2.69. The first-order valence-electron chi connectivity index (χ1n) is 5.68. The molecular formula is C11H9BrF5NO2S. The Balaban J connectivity index is 2.43. The maximum absolute atomic E-state index is 13.1. The van der Waals surface area contributed by atoms with Gasteiger partial charge in [-0.25, -0.2) is 17.2 Å². The van der Waals surface area contributed by atoms with Gasteiger partial charge in [-0.15, -0.1) is 0 Å². The summed E-state index contributed by atoms with van der Waals surface area (Å²) in [5, 5.41) is 0. The number of halogens is 6. The minimum absolute atomic E-state index is 0.319. The first-order chi connectivity index (χ1) is 9.43. The van der Waals surface area contributed by atoms with Crippen LogP contribution in [0.3, 0.4) is 0 Å². The molecule has 0 radical (unpaired) electrons. The van der Waals surface area contributed by atoms with Crippen LogP contribution in [0.5, 0.6) is 0 Å². The third-order valence-corrected chi connectivity index (χ3v) is 5.55. The van der Waals surface area contributed by atoms with Gasteiger partial charge in [0.15, 0.2) is 0 Å². The van der Waals surface area contributed by atoms with Gasteiger partial charge in [0.2, 0.25) is 10.0 Å². The fourth-order valence-electron chi connectivity index (χ4n) is 1.94. The predicted molar refractivity (Wildman–Crippen MR) is 67.5 cm³/mol. The van der Waals surface area contributed by atoms with Crippen LogP contribution in [0.1, 0.15) is 12.0 Å². The molecule has 1 aliphatic rings. The monoisotopic (exact) mass is 393 g/mol. The topological polar surface area (TPSA) is 37.4 Å². The number of rotatable bonds is 2. The van der Waals surface area contributed by atoms with Crippen molar-refractivity contribution in [3.63, 3.8) is 0 Å². The minimum atomic E-state index is -4.75. The van der Waals surface area contributed by atoms with Crippen LogP contribution >= 0.6 is 15.9 Å². The lowest BCUT2D eigenvalue weighted by Gasteiger charge is -2.17. The summed E-state index contributed by atoms with van der Waals surface area (Å²) in [7, 11) is -4.38. The van der Waals surface area contributed by atoms with Gasteiger partial charge in [0.1, 0.15) is 0 Å². The molecule has 1 saturated heterocycles. The predicted octanol–water partition coefficient (Wildman–Crippen LogP) is 3.50. The van der Waals surface area contributed by atoms with Gasteiger partial charge in [0, 0.05) is 17.4 Å². The molecule has 1 aromatic rings. The number of nitrogens with zero attached hydrogens (tertiary/aromatic N) is 1. The highest BCUT2D eigenvalue weighted by molar-refractivity contribution is 9.10. The largest absolute Gasteiger partial charge is 0.417 e. The van der Waals surface area contributed by atoms with Gasteiger partial charge < -0.3 is 0 Å². The molecule has 21 heavy (non-hydrogen) atoms. The lowest BCUT2D eigenvalue weighted by atomic mass is 10.2. The first kappa shape index (κ1) is 16.6. The van der Waals surface area contributed by atoms with Gasteiger partial charge in [-0.1, -0.05) is 15.9 Å². The van der Waals surface area contributed by atoms with E-state index in [-0.39, 0.29) is 4.47 Å². The molecule has 10 heteroatoms. The van der Waals surface area contributed by atoms with Gasteiger partial charge in [-0.2, -0.15) is 17.5 Å². The maximum atomic E-state index is 13.1. The summed E-state index contributed by atoms with van der Waals surface area (Å²) in [5.74, 6) is -3.16. The number of hydrogen-bond donors (Lipinski definition) is 0. The normalized spacial score (nSPS) is 19.9. The van der Waals surface area contributed by atoms with Crippen LogP contribution in [0.4, 0.5) is 22.0 Å². The second-order valence-corrected chi connectivity index (χ2v) is 7.38. The summed E-state index contributed by atoms with van der Waals surface area (Å²) in [4.78, 5) is -0.657. The number of hydrogen-bond acceptors (Lipinski definition) is 2. The molecule has 1 heterocycles. The third-order valence-electron chi connectivity index (χ3n) is 3.02. The second-order valence-electron chi connectivity index (χ2n) is 4.58. The smallest absolute Gasteiger partial charge is 0.207 e. The van der Waals surface area contributed by atoms with E-state index in [2.05, 4.69) is 15.9 Å². The fourth-order valence-corrected chi connectivity index (χ4v) is 3.91. The van der Waals surface area contributed by atoms with Crippen LogP contribution in [-0.4, -0.2) is 31.7 Å². The van der Waals surface area contributed by atoms with Crippen molar-refractivity contribution in [3.05, 3.63) is 28.2 Å². The van der Waals surface area contributed by atoms with Gasteiger partial charge in [-0.3, -0.25) is 0 Å². The summed E-state index contributed by atoms with van der Waals surface area (Å²) >= 11 is 2.69. The van der Waals surface area contributed by atoms with Gasteiger partial charge in [0.25, 0.3) is 5.92 Å². The Morgan fingerprint density at radius 3 is 2.33 bits per heavy atom.